The summed E-state index contributed by atoms with van der Waals surface area (Å²) in [5.74, 6) is 1.58. The van der Waals surface area contributed by atoms with E-state index in [9.17, 15) is 9.59 Å². The molecule has 0 saturated heterocycles. The van der Waals surface area contributed by atoms with Gasteiger partial charge in [0.05, 0.1) is 21.3 Å². The van der Waals surface area contributed by atoms with Gasteiger partial charge in [0, 0.05) is 17.7 Å². The van der Waals surface area contributed by atoms with Gasteiger partial charge < -0.3 is 23.9 Å². The number of Topliss-reactive ketones (excluding diaryl/α,β-unsaturated/α-hetero) is 1. The second kappa shape index (κ2) is 8.88. The molecule has 3 atom stereocenters. The molecule has 1 fully saturated rings. The highest BCUT2D eigenvalue weighted by molar-refractivity contribution is 6.03. The third-order valence-corrected chi connectivity index (χ3v) is 6.89. The Kier molecular flexibility index (Phi) is 6.17. The van der Waals surface area contributed by atoms with Crippen LogP contribution in [0.2, 0.25) is 0 Å². The SMILES string of the molecule is COc1cc([C@@H]2CC(=O)c3c([nH]c(C(=O)O[C@@H]4CCC[C@@H]4C)c3C)C2)cc(OC)c1OC. The lowest BCUT2D eigenvalue weighted by atomic mass is 9.81. The lowest BCUT2D eigenvalue weighted by Crippen LogP contribution is -2.21. The van der Waals surface area contributed by atoms with E-state index in [0.717, 1.165) is 30.5 Å². The Balaban J connectivity index is 1.62. The van der Waals surface area contributed by atoms with E-state index in [1.165, 1.54) is 0 Å². The molecule has 1 aromatic heterocycles. The van der Waals surface area contributed by atoms with E-state index in [2.05, 4.69) is 11.9 Å². The molecule has 0 bridgehead atoms. The van der Waals surface area contributed by atoms with E-state index < -0.39 is 0 Å². The van der Waals surface area contributed by atoms with Crippen molar-refractivity contribution >= 4 is 11.8 Å². The molecule has 0 amide bonds. The van der Waals surface area contributed by atoms with Gasteiger partial charge in [-0.3, -0.25) is 4.79 Å². The molecule has 0 spiro atoms. The average molecular weight is 442 g/mol. The highest BCUT2D eigenvalue weighted by Gasteiger charge is 2.34. The lowest BCUT2D eigenvalue weighted by molar-refractivity contribution is 0.0219. The zero-order chi connectivity index (χ0) is 23.0. The summed E-state index contributed by atoms with van der Waals surface area (Å²) in [6.45, 7) is 3.94. The normalized spacial score (nSPS) is 22.4. The van der Waals surface area contributed by atoms with Crippen LogP contribution in [0.25, 0.3) is 0 Å². The zero-order valence-corrected chi connectivity index (χ0v) is 19.4. The molecule has 7 nitrogen and oxygen atoms in total. The summed E-state index contributed by atoms with van der Waals surface area (Å²) in [5.41, 5.74) is 3.41. The van der Waals surface area contributed by atoms with Gasteiger partial charge in [-0.15, -0.1) is 0 Å². The van der Waals surface area contributed by atoms with Gasteiger partial charge in [-0.25, -0.2) is 4.79 Å². The molecule has 2 aliphatic rings. The number of aromatic amines is 1. The fourth-order valence-corrected chi connectivity index (χ4v) is 5.09. The van der Waals surface area contributed by atoms with Crippen molar-refractivity contribution in [2.45, 2.75) is 58.0 Å². The molecular formula is C25H31NO6. The van der Waals surface area contributed by atoms with E-state index >= 15 is 0 Å². The zero-order valence-electron chi connectivity index (χ0n) is 19.4. The number of hydrogen-bond acceptors (Lipinski definition) is 6. The van der Waals surface area contributed by atoms with Crippen molar-refractivity contribution in [3.63, 3.8) is 0 Å². The van der Waals surface area contributed by atoms with Gasteiger partial charge in [0.2, 0.25) is 5.75 Å². The van der Waals surface area contributed by atoms with Crippen molar-refractivity contribution in [1.29, 1.82) is 0 Å². The number of aromatic nitrogens is 1. The number of nitrogens with one attached hydrogen (secondary N) is 1. The third kappa shape index (κ3) is 3.85. The van der Waals surface area contributed by atoms with Crippen molar-refractivity contribution in [2.75, 3.05) is 21.3 Å². The number of ether oxygens (including phenoxy) is 4. The molecule has 32 heavy (non-hydrogen) atoms. The van der Waals surface area contributed by atoms with Gasteiger partial charge in [-0.2, -0.15) is 0 Å². The van der Waals surface area contributed by atoms with Crippen LogP contribution in [0.4, 0.5) is 0 Å². The van der Waals surface area contributed by atoms with Crippen LogP contribution < -0.4 is 14.2 Å². The molecular weight excluding hydrogens is 410 g/mol. The van der Waals surface area contributed by atoms with Gasteiger partial charge in [-0.1, -0.05) is 6.92 Å². The van der Waals surface area contributed by atoms with Crippen LogP contribution in [0.15, 0.2) is 12.1 Å². The van der Waals surface area contributed by atoms with Gasteiger partial charge in [-0.05, 0) is 67.7 Å². The third-order valence-electron chi connectivity index (χ3n) is 6.89. The van der Waals surface area contributed by atoms with E-state index in [1.54, 1.807) is 21.3 Å². The first-order valence-electron chi connectivity index (χ1n) is 11.1. The summed E-state index contributed by atoms with van der Waals surface area (Å²) in [7, 11) is 4.70. The van der Waals surface area contributed by atoms with Crippen molar-refractivity contribution in [3.8, 4) is 17.2 Å². The number of carbonyl (C=O) groups excluding carboxylic acids is 2. The molecule has 7 heteroatoms. The molecule has 1 aromatic carbocycles. The highest BCUT2D eigenvalue weighted by Crippen LogP contribution is 2.43. The van der Waals surface area contributed by atoms with E-state index in [1.807, 2.05) is 19.1 Å². The van der Waals surface area contributed by atoms with Crippen LogP contribution in [0, 0.1) is 12.8 Å². The molecule has 1 heterocycles. The van der Waals surface area contributed by atoms with Crippen molar-refractivity contribution in [2.24, 2.45) is 5.92 Å². The van der Waals surface area contributed by atoms with Crippen molar-refractivity contribution in [3.05, 3.63) is 40.2 Å². The average Bonchev–Trinajstić information content (AvgIpc) is 3.35. The first kappa shape index (κ1) is 22.2. The van der Waals surface area contributed by atoms with Gasteiger partial charge >= 0.3 is 5.97 Å². The fourth-order valence-electron chi connectivity index (χ4n) is 5.09. The topological polar surface area (TPSA) is 86.9 Å². The molecule has 4 rings (SSSR count). The monoisotopic (exact) mass is 441 g/mol. The predicted octanol–water partition coefficient (Wildman–Crippen LogP) is 4.61. The Morgan fingerprint density at radius 1 is 1.03 bits per heavy atom. The second-order valence-electron chi connectivity index (χ2n) is 8.82. The lowest BCUT2D eigenvalue weighted by Gasteiger charge is -2.24. The number of rotatable bonds is 6. The van der Waals surface area contributed by atoms with Crippen LogP contribution in [-0.2, 0) is 11.2 Å². The standard InChI is InChI=1S/C25H31NO6/c1-13-7-6-8-19(13)32-25(28)23-14(2)22-17(26-23)9-15(10-18(22)27)16-11-20(29-3)24(31-5)21(12-16)30-4/h11-13,15,19,26H,6-10H2,1-5H3/t13-,15-,19+/m0/s1. The highest BCUT2D eigenvalue weighted by atomic mass is 16.5. The fraction of sp³-hybridized carbons (Fsp3) is 0.520. The summed E-state index contributed by atoms with van der Waals surface area (Å²) >= 11 is 0. The summed E-state index contributed by atoms with van der Waals surface area (Å²) < 4.78 is 22.1. The maximum atomic E-state index is 13.1. The van der Waals surface area contributed by atoms with E-state index in [-0.39, 0.29) is 23.8 Å². The molecule has 2 aromatic rings. The van der Waals surface area contributed by atoms with E-state index in [0.29, 0.717) is 52.8 Å². The van der Waals surface area contributed by atoms with Gasteiger partial charge in [0.1, 0.15) is 11.8 Å². The first-order chi connectivity index (χ1) is 15.4. The first-order valence-corrected chi connectivity index (χ1v) is 11.1. The minimum Gasteiger partial charge on any atom is -0.493 e. The number of carbonyl (C=O) groups is 2. The number of benzene rings is 1. The number of H-pyrrole nitrogens is 1. The Morgan fingerprint density at radius 2 is 1.72 bits per heavy atom. The molecule has 172 valence electrons. The molecule has 0 radical (unpaired) electrons. The molecule has 1 saturated carbocycles. The number of ketones is 1. The minimum absolute atomic E-state index is 0.0204. The van der Waals surface area contributed by atoms with Crippen LogP contribution in [0.3, 0.4) is 0 Å². The molecule has 0 unspecified atom stereocenters. The molecule has 2 aliphatic carbocycles. The number of esters is 1. The Bertz CT molecular complexity index is 1010. The summed E-state index contributed by atoms with van der Waals surface area (Å²) in [6.07, 6.45) is 3.95. The summed E-state index contributed by atoms with van der Waals surface area (Å²) in [5, 5.41) is 0. The van der Waals surface area contributed by atoms with Crippen molar-refractivity contribution in [1.82, 2.24) is 4.98 Å². The number of methoxy groups -OCH3 is 3. The Morgan fingerprint density at radius 3 is 2.28 bits per heavy atom. The number of fused-ring (bicyclic) bond motifs is 1. The van der Waals surface area contributed by atoms with Crippen LogP contribution >= 0.6 is 0 Å². The summed E-state index contributed by atoms with van der Waals surface area (Å²) in [4.78, 5) is 29.2. The summed E-state index contributed by atoms with van der Waals surface area (Å²) in [6, 6.07) is 3.77. The van der Waals surface area contributed by atoms with Crippen LogP contribution in [0.1, 0.15) is 76.2 Å². The van der Waals surface area contributed by atoms with Crippen LogP contribution in [-0.4, -0.2) is 44.2 Å². The Labute approximate surface area is 188 Å². The molecule has 0 aliphatic heterocycles. The maximum absolute atomic E-state index is 13.1. The Hall–Kier alpha value is -2.96. The minimum atomic E-state index is -0.368. The number of hydrogen-bond donors (Lipinski definition) is 1. The van der Waals surface area contributed by atoms with Crippen molar-refractivity contribution < 1.29 is 28.5 Å². The second-order valence-corrected chi connectivity index (χ2v) is 8.82. The van der Waals surface area contributed by atoms with E-state index in [4.69, 9.17) is 18.9 Å². The largest absolute Gasteiger partial charge is 0.493 e. The predicted molar refractivity (Wildman–Crippen MR) is 119 cm³/mol. The van der Waals surface area contributed by atoms with Gasteiger partial charge in [0.25, 0.3) is 0 Å². The van der Waals surface area contributed by atoms with Gasteiger partial charge in [0.15, 0.2) is 17.3 Å². The smallest absolute Gasteiger partial charge is 0.355 e. The maximum Gasteiger partial charge on any atom is 0.355 e. The quantitative estimate of drug-likeness (QED) is 0.659. The van der Waals surface area contributed by atoms with Crippen LogP contribution in [0.5, 0.6) is 17.2 Å². The molecule has 1 N–H and O–H groups in total.